The number of aliphatic hydroxyl groups excluding tert-OH is 1. The molecule has 8 heteroatoms. The fraction of sp³-hybridized carbons (Fsp3) is 0.312. The van der Waals surface area contributed by atoms with E-state index in [0.29, 0.717) is 17.6 Å². The monoisotopic (exact) mass is 345 g/mol. The first-order chi connectivity index (χ1) is 11.6. The van der Waals surface area contributed by atoms with Crippen LogP contribution >= 0.6 is 11.3 Å². The third-order valence-corrected chi connectivity index (χ3v) is 5.12. The molecule has 0 unspecified atom stereocenters. The number of aromatic nitrogens is 4. The molecule has 0 radical (unpaired) electrons. The SMILES string of the molecule is C[C@@H](O)c1ccc(-c2ncc(F)c(Nc3cc(C4CC4)[nH]n3)n2)s1. The van der Waals surface area contributed by atoms with E-state index < -0.39 is 11.9 Å². The number of anilines is 2. The van der Waals surface area contributed by atoms with Crippen LogP contribution in [0.5, 0.6) is 0 Å². The van der Waals surface area contributed by atoms with E-state index >= 15 is 0 Å². The second kappa shape index (κ2) is 5.95. The Balaban J connectivity index is 1.60. The lowest BCUT2D eigenvalue weighted by molar-refractivity contribution is 0.203. The third-order valence-electron chi connectivity index (χ3n) is 3.86. The molecule has 124 valence electrons. The maximum atomic E-state index is 14.0. The summed E-state index contributed by atoms with van der Waals surface area (Å²) in [6.07, 6.45) is 2.92. The summed E-state index contributed by atoms with van der Waals surface area (Å²) < 4.78 is 14.0. The van der Waals surface area contributed by atoms with Gasteiger partial charge in [0.2, 0.25) is 0 Å². The molecule has 0 aliphatic heterocycles. The molecule has 3 N–H and O–H groups in total. The van der Waals surface area contributed by atoms with Crippen LogP contribution in [0.15, 0.2) is 24.4 Å². The van der Waals surface area contributed by atoms with Gasteiger partial charge in [-0.25, -0.2) is 14.4 Å². The zero-order valence-electron chi connectivity index (χ0n) is 13.0. The van der Waals surface area contributed by atoms with Crippen LogP contribution in [0.1, 0.15) is 42.4 Å². The first-order valence-electron chi connectivity index (χ1n) is 7.73. The minimum absolute atomic E-state index is 0.0841. The average Bonchev–Trinajstić information content (AvgIpc) is 3.10. The van der Waals surface area contributed by atoms with Crippen molar-refractivity contribution in [2.24, 2.45) is 0 Å². The van der Waals surface area contributed by atoms with Gasteiger partial charge in [0.25, 0.3) is 0 Å². The van der Waals surface area contributed by atoms with Crippen molar-refractivity contribution in [3.63, 3.8) is 0 Å². The van der Waals surface area contributed by atoms with Crippen molar-refractivity contribution in [2.75, 3.05) is 5.32 Å². The second-order valence-corrected chi connectivity index (χ2v) is 6.99. The summed E-state index contributed by atoms with van der Waals surface area (Å²) in [5.74, 6) is 1.04. The molecule has 4 rings (SSSR count). The molecule has 3 aromatic rings. The van der Waals surface area contributed by atoms with Gasteiger partial charge >= 0.3 is 0 Å². The quantitative estimate of drug-likeness (QED) is 0.656. The predicted octanol–water partition coefficient (Wildman–Crippen LogP) is 3.74. The summed E-state index contributed by atoms with van der Waals surface area (Å²) in [7, 11) is 0. The highest BCUT2D eigenvalue weighted by molar-refractivity contribution is 7.15. The molecule has 0 bridgehead atoms. The number of hydrogen-bond acceptors (Lipinski definition) is 6. The van der Waals surface area contributed by atoms with Crippen LogP contribution in [0.25, 0.3) is 10.7 Å². The smallest absolute Gasteiger partial charge is 0.184 e. The van der Waals surface area contributed by atoms with Crippen molar-refractivity contribution < 1.29 is 9.50 Å². The Bertz CT molecular complexity index is 871. The number of hydrogen-bond donors (Lipinski definition) is 3. The Morgan fingerprint density at radius 3 is 2.96 bits per heavy atom. The van der Waals surface area contributed by atoms with Crippen LogP contribution < -0.4 is 5.32 Å². The molecule has 1 fully saturated rings. The van der Waals surface area contributed by atoms with E-state index in [-0.39, 0.29) is 5.82 Å². The van der Waals surface area contributed by atoms with Crippen molar-refractivity contribution in [3.8, 4) is 10.7 Å². The second-order valence-electron chi connectivity index (χ2n) is 5.88. The van der Waals surface area contributed by atoms with E-state index in [2.05, 4.69) is 25.5 Å². The Morgan fingerprint density at radius 1 is 1.42 bits per heavy atom. The minimum atomic E-state index is -0.549. The molecule has 3 heterocycles. The van der Waals surface area contributed by atoms with E-state index in [0.717, 1.165) is 34.5 Å². The normalized spacial score (nSPS) is 15.5. The van der Waals surface area contributed by atoms with Gasteiger partial charge < -0.3 is 10.4 Å². The van der Waals surface area contributed by atoms with Gasteiger partial charge in [0.05, 0.1) is 17.2 Å². The highest BCUT2D eigenvalue weighted by atomic mass is 32.1. The number of rotatable bonds is 5. The van der Waals surface area contributed by atoms with Gasteiger partial charge in [0, 0.05) is 22.6 Å². The molecular formula is C16H16FN5OS. The molecule has 1 aliphatic rings. The first-order valence-corrected chi connectivity index (χ1v) is 8.55. The van der Waals surface area contributed by atoms with Gasteiger partial charge in [-0.15, -0.1) is 11.3 Å². The summed E-state index contributed by atoms with van der Waals surface area (Å²) in [6, 6.07) is 5.53. The van der Waals surface area contributed by atoms with Crippen molar-refractivity contribution in [3.05, 3.63) is 40.8 Å². The van der Waals surface area contributed by atoms with E-state index in [1.54, 1.807) is 6.92 Å². The zero-order valence-corrected chi connectivity index (χ0v) is 13.8. The molecule has 24 heavy (non-hydrogen) atoms. The zero-order chi connectivity index (χ0) is 16.7. The number of nitrogens with zero attached hydrogens (tertiary/aromatic N) is 3. The molecule has 0 aromatic carbocycles. The molecule has 1 aliphatic carbocycles. The molecular weight excluding hydrogens is 329 g/mol. The molecule has 1 atom stereocenters. The topological polar surface area (TPSA) is 86.7 Å². The summed E-state index contributed by atoms with van der Waals surface area (Å²) in [5, 5.41) is 19.6. The van der Waals surface area contributed by atoms with E-state index in [1.165, 1.54) is 11.3 Å². The summed E-state index contributed by atoms with van der Waals surface area (Å²) >= 11 is 1.38. The third kappa shape index (κ3) is 3.02. The van der Waals surface area contributed by atoms with Crippen LogP contribution in [-0.4, -0.2) is 25.3 Å². The van der Waals surface area contributed by atoms with Crippen LogP contribution in [0.2, 0.25) is 0 Å². The van der Waals surface area contributed by atoms with Gasteiger partial charge in [0.15, 0.2) is 23.3 Å². The minimum Gasteiger partial charge on any atom is -0.388 e. The maximum absolute atomic E-state index is 14.0. The van der Waals surface area contributed by atoms with Crippen molar-refractivity contribution in [2.45, 2.75) is 31.8 Å². The lowest BCUT2D eigenvalue weighted by Crippen LogP contribution is -2.00. The Labute approximate surface area is 141 Å². The van der Waals surface area contributed by atoms with E-state index in [4.69, 9.17) is 0 Å². The molecule has 3 aromatic heterocycles. The molecule has 0 spiro atoms. The van der Waals surface area contributed by atoms with Gasteiger partial charge in [-0.05, 0) is 31.9 Å². The summed E-state index contributed by atoms with van der Waals surface area (Å²) in [6.45, 7) is 1.70. The Kier molecular flexibility index (Phi) is 3.78. The fourth-order valence-corrected chi connectivity index (χ4v) is 3.28. The average molecular weight is 345 g/mol. The Morgan fingerprint density at radius 2 is 2.25 bits per heavy atom. The molecule has 6 nitrogen and oxygen atoms in total. The molecule has 0 saturated heterocycles. The number of thiophene rings is 1. The number of aliphatic hydroxyl groups is 1. The van der Waals surface area contributed by atoms with Gasteiger partial charge in [-0.2, -0.15) is 5.10 Å². The van der Waals surface area contributed by atoms with Crippen LogP contribution in [-0.2, 0) is 0 Å². The van der Waals surface area contributed by atoms with Crippen LogP contribution in [0.3, 0.4) is 0 Å². The Hall–Kier alpha value is -2.32. The predicted molar refractivity (Wildman–Crippen MR) is 89.8 cm³/mol. The number of nitrogens with one attached hydrogen (secondary N) is 2. The lowest BCUT2D eigenvalue weighted by atomic mass is 10.3. The molecule has 0 amide bonds. The highest BCUT2D eigenvalue weighted by Gasteiger charge is 2.25. The van der Waals surface area contributed by atoms with Crippen molar-refractivity contribution in [1.29, 1.82) is 0 Å². The van der Waals surface area contributed by atoms with E-state index in [9.17, 15) is 9.50 Å². The first kappa shape index (κ1) is 15.2. The van der Waals surface area contributed by atoms with Gasteiger partial charge in [0.1, 0.15) is 0 Å². The van der Waals surface area contributed by atoms with Gasteiger partial charge in [-0.3, -0.25) is 5.10 Å². The number of halogens is 1. The fourth-order valence-electron chi connectivity index (χ4n) is 2.40. The highest BCUT2D eigenvalue weighted by Crippen LogP contribution is 2.39. The standard InChI is InChI=1S/C16H16FN5OS/c1-8(23)12-4-5-13(24-12)16-18-7-10(17)15(20-16)19-14-6-11(21-22-14)9-2-3-9/h4-9,23H,2-3H2,1H3,(H2,18,19,20,21,22)/t8-/m1/s1. The van der Waals surface area contributed by atoms with Crippen LogP contribution in [0, 0.1) is 5.82 Å². The van der Waals surface area contributed by atoms with Crippen LogP contribution in [0.4, 0.5) is 16.0 Å². The van der Waals surface area contributed by atoms with Crippen molar-refractivity contribution >= 4 is 23.0 Å². The number of aromatic amines is 1. The van der Waals surface area contributed by atoms with Crippen molar-refractivity contribution in [1.82, 2.24) is 20.2 Å². The van der Waals surface area contributed by atoms with Gasteiger partial charge in [-0.1, -0.05) is 0 Å². The molecule has 1 saturated carbocycles. The largest absolute Gasteiger partial charge is 0.388 e. The summed E-state index contributed by atoms with van der Waals surface area (Å²) in [5.41, 5.74) is 1.06. The van der Waals surface area contributed by atoms with E-state index in [1.807, 2.05) is 18.2 Å². The number of H-pyrrole nitrogens is 1. The lowest BCUT2D eigenvalue weighted by Gasteiger charge is -2.05. The summed E-state index contributed by atoms with van der Waals surface area (Å²) in [4.78, 5) is 9.89. The maximum Gasteiger partial charge on any atom is 0.184 e.